The topological polar surface area (TPSA) is 108 Å². The molecular weight excluding hydrogens is 350 g/mol. The first-order valence-corrected chi connectivity index (χ1v) is 9.29. The molecular formula is C18H25N5O4. The molecule has 27 heavy (non-hydrogen) atoms. The third-order valence-corrected chi connectivity index (χ3v) is 4.79. The predicted molar refractivity (Wildman–Crippen MR) is 100 cm³/mol. The molecule has 2 amide bonds. The van der Waals surface area contributed by atoms with Crippen molar-refractivity contribution in [3.8, 4) is 0 Å². The lowest BCUT2D eigenvalue weighted by molar-refractivity contribution is -0.384. The number of rotatable bonds is 8. The van der Waals surface area contributed by atoms with E-state index in [1.807, 2.05) is 0 Å². The Morgan fingerprint density at radius 2 is 1.85 bits per heavy atom. The molecule has 1 aromatic rings. The number of nitrogens with one attached hydrogen (secondary N) is 2. The first-order chi connectivity index (χ1) is 13.0. The lowest BCUT2D eigenvalue weighted by atomic mass is 10.2. The molecule has 0 atom stereocenters. The van der Waals surface area contributed by atoms with E-state index >= 15 is 0 Å². The number of nitro groups is 1. The zero-order valence-corrected chi connectivity index (χ0v) is 15.2. The van der Waals surface area contributed by atoms with Crippen LogP contribution in [0.15, 0.2) is 24.3 Å². The van der Waals surface area contributed by atoms with Crippen molar-refractivity contribution in [3.05, 3.63) is 34.4 Å². The minimum atomic E-state index is -0.442. The fourth-order valence-corrected chi connectivity index (χ4v) is 3.10. The smallest absolute Gasteiger partial charge is 0.292 e. The zero-order chi connectivity index (χ0) is 19.2. The normalized spacial score (nSPS) is 17.4. The third kappa shape index (κ3) is 5.65. The molecule has 0 bridgehead atoms. The molecule has 1 saturated carbocycles. The molecule has 1 saturated heterocycles. The van der Waals surface area contributed by atoms with Crippen LogP contribution in [0.2, 0.25) is 0 Å². The van der Waals surface area contributed by atoms with Crippen molar-refractivity contribution in [1.82, 2.24) is 15.1 Å². The number of amides is 2. The second kappa shape index (κ2) is 8.81. The summed E-state index contributed by atoms with van der Waals surface area (Å²) >= 11 is 0. The maximum atomic E-state index is 12.3. The van der Waals surface area contributed by atoms with Gasteiger partial charge in [-0.15, -0.1) is 0 Å². The minimum absolute atomic E-state index is 0.00281. The van der Waals surface area contributed by atoms with Crippen LogP contribution in [0.3, 0.4) is 0 Å². The van der Waals surface area contributed by atoms with Gasteiger partial charge in [0.2, 0.25) is 11.8 Å². The first-order valence-electron chi connectivity index (χ1n) is 9.29. The van der Waals surface area contributed by atoms with Crippen LogP contribution >= 0.6 is 0 Å². The van der Waals surface area contributed by atoms with Crippen LogP contribution in [0, 0.1) is 10.1 Å². The van der Waals surface area contributed by atoms with Crippen molar-refractivity contribution >= 4 is 23.2 Å². The second-order valence-electron chi connectivity index (χ2n) is 6.95. The summed E-state index contributed by atoms with van der Waals surface area (Å²) in [5, 5.41) is 16.9. The predicted octanol–water partition coefficient (Wildman–Crippen LogP) is 0.820. The van der Waals surface area contributed by atoms with E-state index in [0.29, 0.717) is 51.0 Å². The SMILES string of the molecule is O=C(CN1CCN(C(=O)CCNc2ccccc2[N+](=O)[O-])CC1)NC1CC1. The lowest BCUT2D eigenvalue weighted by Crippen LogP contribution is -2.51. The molecule has 2 N–H and O–H groups in total. The highest BCUT2D eigenvalue weighted by Crippen LogP contribution is 2.23. The Kier molecular flexibility index (Phi) is 6.23. The molecule has 146 valence electrons. The Balaban J connectivity index is 1.37. The fourth-order valence-electron chi connectivity index (χ4n) is 3.10. The second-order valence-corrected chi connectivity index (χ2v) is 6.95. The Morgan fingerprint density at radius 3 is 2.52 bits per heavy atom. The highest BCUT2D eigenvalue weighted by atomic mass is 16.6. The van der Waals surface area contributed by atoms with Gasteiger partial charge in [0.15, 0.2) is 0 Å². The molecule has 9 nitrogen and oxygen atoms in total. The number of hydrogen-bond donors (Lipinski definition) is 2. The van der Waals surface area contributed by atoms with Gasteiger partial charge in [0.05, 0.1) is 11.5 Å². The number of carbonyl (C=O) groups excluding carboxylic acids is 2. The van der Waals surface area contributed by atoms with Crippen LogP contribution in [0.25, 0.3) is 0 Å². The summed E-state index contributed by atoms with van der Waals surface area (Å²) in [6, 6.07) is 6.76. The van der Waals surface area contributed by atoms with E-state index in [9.17, 15) is 19.7 Å². The molecule has 1 aromatic carbocycles. The Morgan fingerprint density at radius 1 is 1.15 bits per heavy atom. The fraction of sp³-hybridized carbons (Fsp3) is 0.556. The molecule has 0 unspecified atom stereocenters. The quantitative estimate of drug-likeness (QED) is 0.514. The van der Waals surface area contributed by atoms with E-state index in [1.54, 1.807) is 23.1 Å². The number of hydrogen-bond acceptors (Lipinski definition) is 6. The van der Waals surface area contributed by atoms with Gasteiger partial charge < -0.3 is 15.5 Å². The zero-order valence-electron chi connectivity index (χ0n) is 15.2. The van der Waals surface area contributed by atoms with Crippen LogP contribution < -0.4 is 10.6 Å². The van der Waals surface area contributed by atoms with Crippen molar-refractivity contribution in [2.45, 2.75) is 25.3 Å². The summed E-state index contributed by atoms with van der Waals surface area (Å²) in [7, 11) is 0. The highest BCUT2D eigenvalue weighted by Gasteiger charge is 2.26. The molecule has 2 fully saturated rings. The molecule has 1 heterocycles. The molecule has 2 aliphatic rings. The first kappa shape index (κ1) is 19.1. The number of benzene rings is 1. The van der Waals surface area contributed by atoms with Gasteiger partial charge in [-0.3, -0.25) is 24.6 Å². The van der Waals surface area contributed by atoms with Gasteiger partial charge >= 0.3 is 0 Å². The average Bonchev–Trinajstić information content (AvgIpc) is 3.46. The van der Waals surface area contributed by atoms with E-state index < -0.39 is 4.92 Å². The van der Waals surface area contributed by atoms with Crippen molar-refractivity contribution in [3.63, 3.8) is 0 Å². The average molecular weight is 375 g/mol. The molecule has 9 heteroatoms. The van der Waals surface area contributed by atoms with E-state index in [0.717, 1.165) is 12.8 Å². The van der Waals surface area contributed by atoms with Gasteiger partial charge in [-0.25, -0.2) is 0 Å². The monoisotopic (exact) mass is 375 g/mol. The standard InChI is InChI=1S/C18H25N5O4/c24-17(20-14-5-6-14)13-21-9-11-22(12-10-21)18(25)7-8-19-15-3-1-2-4-16(15)23(26)27/h1-4,14,19H,5-13H2,(H,20,24). The molecule has 1 aliphatic heterocycles. The maximum Gasteiger partial charge on any atom is 0.292 e. The van der Waals surface area contributed by atoms with Crippen LogP contribution in [0.1, 0.15) is 19.3 Å². The number of nitrogens with zero attached hydrogens (tertiary/aromatic N) is 3. The van der Waals surface area contributed by atoms with Crippen LogP contribution in [-0.4, -0.2) is 71.8 Å². The van der Waals surface area contributed by atoms with Crippen LogP contribution in [0.5, 0.6) is 0 Å². The number of piperazine rings is 1. The van der Waals surface area contributed by atoms with Gasteiger partial charge in [-0.05, 0) is 18.9 Å². The molecule has 1 aliphatic carbocycles. The largest absolute Gasteiger partial charge is 0.379 e. The van der Waals surface area contributed by atoms with Gasteiger partial charge in [-0.1, -0.05) is 12.1 Å². The van der Waals surface area contributed by atoms with E-state index in [-0.39, 0.29) is 23.9 Å². The van der Waals surface area contributed by atoms with Gasteiger partial charge in [0.1, 0.15) is 5.69 Å². The number of anilines is 1. The Bertz CT molecular complexity index is 699. The number of carbonyl (C=O) groups is 2. The van der Waals surface area contributed by atoms with E-state index in [4.69, 9.17) is 0 Å². The minimum Gasteiger partial charge on any atom is -0.379 e. The van der Waals surface area contributed by atoms with Crippen LogP contribution in [0.4, 0.5) is 11.4 Å². The van der Waals surface area contributed by atoms with Gasteiger partial charge in [0.25, 0.3) is 5.69 Å². The van der Waals surface area contributed by atoms with Crippen molar-refractivity contribution in [1.29, 1.82) is 0 Å². The summed E-state index contributed by atoms with van der Waals surface area (Å²) in [5.41, 5.74) is 0.421. The molecule has 0 radical (unpaired) electrons. The summed E-state index contributed by atoms with van der Waals surface area (Å²) in [6.07, 6.45) is 2.43. The van der Waals surface area contributed by atoms with Crippen molar-refractivity contribution in [2.75, 3.05) is 44.6 Å². The van der Waals surface area contributed by atoms with E-state index in [1.165, 1.54) is 6.07 Å². The lowest BCUT2D eigenvalue weighted by Gasteiger charge is -2.34. The Labute approximate surface area is 157 Å². The number of nitro benzene ring substituents is 1. The summed E-state index contributed by atoms with van der Waals surface area (Å²) in [6.45, 7) is 3.29. The maximum absolute atomic E-state index is 12.3. The summed E-state index contributed by atoms with van der Waals surface area (Å²) < 4.78 is 0. The molecule has 0 spiro atoms. The van der Waals surface area contributed by atoms with Crippen LogP contribution in [-0.2, 0) is 9.59 Å². The summed E-state index contributed by atoms with van der Waals surface area (Å²) in [5.74, 6) is 0.0779. The highest BCUT2D eigenvalue weighted by molar-refractivity contribution is 5.79. The number of para-hydroxylation sites is 2. The summed E-state index contributed by atoms with van der Waals surface area (Å²) in [4.78, 5) is 38.6. The molecule has 3 rings (SSSR count). The van der Waals surface area contributed by atoms with Crippen molar-refractivity contribution < 1.29 is 14.5 Å². The Hall–Kier alpha value is -2.68. The third-order valence-electron chi connectivity index (χ3n) is 4.79. The van der Waals surface area contributed by atoms with Gasteiger partial charge in [0, 0.05) is 51.3 Å². The van der Waals surface area contributed by atoms with Gasteiger partial charge in [-0.2, -0.15) is 0 Å². The molecule has 0 aromatic heterocycles. The van der Waals surface area contributed by atoms with E-state index in [2.05, 4.69) is 15.5 Å². The van der Waals surface area contributed by atoms with Crippen molar-refractivity contribution in [2.24, 2.45) is 0 Å².